The maximum atomic E-state index is 13.3. The maximum Gasteiger partial charge on any atom is 0.123 e. The highest BCUT2D eigenvalue weighted by atomic mass is 79.9. The monoisotopic (exact) mass is 328 g/mol. The molecule has 0 aromatic heterocycles. The number of aliphatic hydroxyl groups excluding tert-OH is 1. The zero-order valence-corrected chi connectivity index (χ0v) is 12.8. The first-order valence-corrected chi connectivity index (χ1v) is 8.08. The van der Waals surface area contributed by atoms with Crippen LogP contribution in [0.5, 0.6) is 0 Å². The lowest BCUT2D eigenvalue weighted by Crippen LogP contribution is -2.24. The summed E-state index contributed by atoms with van der Waals surface area (Å²) in [7, 11) is 0. The Morgan fingerprint density at radius 3 is 2.47 bits per heavy atom. The van der Waals surface area contributed by atoms with E-state index in [0.717, 1.165) is 22.9 Å². The van der Waals surface area contributed by atoms with Gasteiger partial charge in [-0.05, 0) is 48.9 Å². The van der Waals surface area contributed by atoms with Crippen LogP contribution in [0.4, 0.5) is 4.39 Å². The fourth-order valence-corrected chi connectivity index (χ4v) is 3.37. The molecule has 1 nitrogen and oxygen atoms in total. The third-order valence-electron chi connectivity index (χ3n) is 4.13. The molecule has 3 heteroatoms. The highest BCUT2D eigenvalue weighted by molar-refractivity contribution is 9.10. The number of hydrogen-bond acceptors (Lipinski definition) is 1. The molecule has 0 radical (unpaired) electrons. The average Bonchev–Trinajstić information content (AvgIpc) is 2.33. The van der Waals surface area contributed by atoms with Crippen LogP contribution in [0.25, 0.3) is 0 Å². The maximum absolute atomic E-state index is 13.3. The van der Waals surface area contributed by atoms with Crippen molar-refractivity contribution in [2.24, 2.45) is 5.92 Å². The van der Waals surface area contributed by atoms with E-state index in [2.05, 4.69) is 15.9 Å². The quantitative estimate of drug-likeness (QED) is 0.840. The number of rotatable bonds is 3. The summed E-state index contributed by atoms with van der Waals surface area (Å²) in [5.41, 5.74) is 0.870. The van der Waals surface area contributed by atoms with Crippen molar-refractivity contribution in [2.45, 2.75) is 57.5 Å². The Labute approximate surface area is 123 Å². The summed E-state index contributed by atoms with van der Waals surface area (Å²) in [5, 5.41) is 10.4. The lowest BCUT2D eigenvalue weighted by atomic mass is 9.85. The van der Waals surface area contributed by atoms with Gasteiger partial charge in [0, 0.05) is 4.47 Å². The molecular formula is C16H22BrFO. The fourth-order valence-electron chi connectivity index (χ4n) is 2.96. The van der Waals surface area contributed by atoms with Crippen LogP contribution in [0.15, 0.2) is 22.7 Å². The van der Waals surface area contributed by atoms with Crippen LogP contribution in [-0.4, -0.2) is 11.2 Å². The van der Waals surface area contributed by atoms with Crippen molar-refractivity contribution in [2.75, 3.05) is 0 Å². The number of hydrogen-bond donors (Lipinski definition) is 1. The van der Waals surface area contributed by atoms with Crippen LogP contribution < -0.4 is 0 Å². The predicted octanol–water partition coefficient (Wildman–Crippen LogP) is 4.85. The van der Waals surface area contributed by atoms with Gasteiger partial charge in [-0.3, -0.25) is 0 Å². The molecule has 1 saturated carbocycles. The van der Waals surface area contributed by atoms with Crippen molar-refractivity contribution in [3.8, 4) is 0 Å². The second kappa shape index (κ2) is 7.39. The SMILES string of the molecule is OC(Cc1cc(F)ccc1Br)C1CCCCCCC1. The van der Waals surface area contributed by atoms with Crippen molar-refractivity contribution < 1.29 is 9.50 Å². The van der Waals surface area contributed by atoms with Crippen molar-refractivity contribution in [3.63, 3.8) is 0 Å². The van der Waals surface area contributed by atoms with Crippen LogP contribution in [0.3, 0.4) is 0 Å². The molecule has 0 bridgehead atoms. The zero-order valence-electron chi connectivity index (χ0n) is 11.2. The third kappa shape index (κ3) is 4.57. The van der Waals surface area contributed by atoms with E-state index in [1.165, 1.54) is 44.2 Å². The standard InChI is InChI=1S/C16H22BrFO/c17-15-9-8-14(18)10-13(15)11-16(19)12-6-4-2-1-3-5-7-12/h8-10,12,16,19H,1-7,11H2. The Hall–Kier alpha value is -0.410. The molecule has 0 spiro atoms. The van der Waals surface area contributed by atoms with Crippen LogP contribution in [0.2, 0.25) is 0 Å². The van der Waals surface area contributed by atoms with Gasteiger partial charge in [0.1, 0.15) is 5.82 Å². The molecule has 1 aromatic rings. The molecule has 1 N–H and O–H groups in total. The molecule has 106 valence electrons. The summed E-state index contributed by atoms with van der Waals surface area (Å²) in [5.74, 6) is 0.138. The summed E-state index contributed by atoms with van der Waals surface area (Å²) < 4.78 is 14.1. The normalized spacial score (nSPS) is 19.7. The molecule has 1 fully saturated rings. The summed E-state index contributed by atoms with van der Waals surface area (Å²) >= 11 is 3.43. The Kier molecular flexibility index (Phi) is 5.83. The van der Waals surface area contributed by atoms with Crippen LogP contribution in [0, 0.1) is 11.7 Å². The topological polar surface area (TPSA) is 20.2 Å². The minimum Gasteiger partial charge on any atom is -0.392 e. The third-order valence-corrected chi connectivity index (χ3v) is 4.90. The number of benzene rings is 1. The van der Waals surface area contributed by atoms with Gasteiger partial charge < -0.3 is 5.11 Å². The lowest BCUT2D eigenvalue weighted by Gasteiger charge is -2.25. The highest BCUT2D eigenvalue weighted by Gasteiger charge is 2.21. The molecule has 19 heavy (non-hydrogen) atoms. The van der Waals surface area contributed by atoms with Gasteiger partial charge in [-0.15, -0.1) is 0 Å². The van der Waals surface area contributed by atoms with Gasteiger partial charge in [-0.1, -0.05) is 48.0 Å². The second-order valence-electron chi connectivity index (χ2n) is 5.61. The summed E-state index contributed by atoms with van der Waals surface area (Å²) in [6, 6.07) is 4.68. The molecular weight excluding hydrogens is 307 g/mol. The lowest BCUT2D eigenvalue weighted by molar-refractivity contribution is 0.0911. The largest absolute Gasteiger partial charge is 0.392 e. The molecule has 0 aliphatic heterocycles. The van der Waals surface area contributed by atoms with Crippen molar-refractivity contribution in [1.82, 2.24) is 0 Å². The van der Waals surface area contributed by atoms with E-state index in [1.807, 2.05) is 0 Å². The van der Waals surface area contributed by atoms with Gasteiger partial charge >= 0.3 is 0 Å². The summed E-state index contributed by atoms with van der Waals surface area (Å²) in [6.07, 6.45) is 8.73. The van der Waals surface area contributed by atoms with E-state index in [-0.39, 0.29) is 11.9 Å². The Morgan fingerprint density at radius 2 is 1.79 bits per heavy atom. The Bertz CT molecular complexity index is 400. The molecule has 0 heterocycles. The van der Waals surface area contributed by atoms with Gasteiger partial charge in [0.2, 0.25) is 0 Å². The van der Waals surface area contributed by atoms with Crippen molar-refractivity contribution in [1.29, 1.82) is 0 Å². The predicted molar refractivity (Wildman–Crippen MR) is 79.6 cm³/mol. The average molecular weight is 329 g/mol. The van der Waals surface area contributed by atoms with Gasteiger partial charge in [0.15, 0.2) is 0 Å². The van der Waals surface area contributed by atoms with E-state index in [0.29, 0.717) is 12.3 Å². The second-order valence-corrected chi connectivity index (χ2v) is 6.47. The fraction of sp³-hybridized carbons (Fsp3) is 0.625. The van der Waals surface area contributed by atoms with E-state index in [9.17, 15) is 9.50 Å². The first-order valence-electron chi connectivity index (χ1n) is 7.29. The van der Waals surface area contributed by atoms with Crippen molar-refractivity contribution in [3.05, 3.63) is 34.1 Å². The molecule has 0 saturated heterocycles. The van der Waals surface area contributed by atoms with Crippen LogP contribution in [-0.2, 0) is 6.42 Å². The molecule has 1 aliphatic carbocycles. The molecule has 1 unspecified atom stereocenters. The van der Waals surface area contributed by atoms with Gasteiger partial charge in [-0.25, -0.2) is 4.39 Å². The summed E-state index contributed by atoms with van der Waals surface area (Å²) in [6.45, 7) is 0. The first-order chi connectivity index (χ1) is 9.16. The minimum absolute atomic E-state index is 0.233. The molecule has 1 aromatic carbocycles. The smallest absolute Gasteiger partial charge is 0.123 e. The number of halogens is 2. The van der Waals surface area contributed by atoms with Crippen molar-refractivity contribution >= 4 is 15.9 Å². The molecule has 1 aliphatic rings. The zero-order chi connectivity index (χ0) is 13.7. The Balaban J connectivity index is 1.98. The first kappa shape index (κ1) is 15.0. The van der Waals surface area contributed by atoms with Gasteiger partial charge in [-0.2, -0.15) is 0 Å². The summed E-state index contributed by atoms with van der Waals surface area (Å²) in [4.78, 5) is 0. The van der Waals surface area contributed by atoms with E-state index < -0.39 is 0 Å². The van der Waals surface area contributed by atoms with E-state index in [1.54, 1.807) is 6.07 Å². The van der Waals surface area contributed by atoms with Crippen LogP contribution >= 0.6 is 15.9 Å². The highest BCUT2D eigenvalue weighted by Crippen LogP contribution is 2.28. The molecule has 2 rings (SSSR count). The van der Waals surface area contributed by atoms with E-state index in [4.69, 9.17) is 0 Å². The van der Waals surface area contributed by atoms with Gasteiger partial charge in [0.05, 0.1) is 6.10 Å². The molecule has 1 atom stereocenters. The molecule has 0 amide bonds. The Morgan fingerprint density at radius 1 is 1.16 bits per heavy atom. The van der Waals surface area contributed by atoms with E-state index >= 15 is 0 Å². The van der Waals surface area contributed by atoms with Crippen LogP contribution in [0.1, 0.15) is 50.5 Å². The number of aliphatic hydroxyl groups is 1. The minimum atomic E-state index is -0.351. The van der Waals surface area contributed by atoms with Gasteiger partial charge in [0.25, 0.3) is 0 Å².